The van der Waals surface area contributed by atoms with Crippen LogP contribution in [0.1, 0.15) is 85.0 Å². The molecule has 0 spiro atoms. The summed E-state index contributed by atoms with van der Waals surface area (Å²) in [5.74, 6) is -0.570. The number of esters is 2. The Morgan fingerprint density at radius 1 is 0.750 bits per heavy atom. The Morgan fingerprint density at radius 3 is 1.79 bits per heavy atom. The second-order valence-corrected chi connectivity index (χ2v) is 6.29. The first kappa shape index (κ1) is 22.7. The molecule has 4 heteroatoms. The molecule has 0 N–H and O–H groups in total. The number of carbonyl (C=O) groups is 2. The summed E-state index contributed by atoms with van der Waals surface area (Å²) >= 11 is 0. The topological polar surface area (TPSA) is 52.6 Å². The fraction of sp³-hybridized carbons (Fsp3) is 0.800. The standard InChI is InChI=1S/C20H36O4/c1-4-7-8-9-10-11-12-13-16-23-19(21)14-15-20(22)24-17-18(5-2)6-3/h14-15,18H,4-13,16-17H2,1-3H3/b15-14+. The predicted molar refractivity (Wildman–Crippen MR) is 97.7 cm³/mol. The number of unbranched alkanes of at least 4 members (excludes halogenated alkanes) is 7. The van der Waals surface area contributed by atoms with E-state index < -0.39 is 11.9 Å². The Labute approximate surface area is 148 Å². The fourth-order valence-electron chi connectivity index (χ4n) is 2.37. The van der Waals surface area contributed by atoms with Crippen molar-refractivity contribution in [3.63, 3.8) is 0 Å². The van der Waals surface area contributed by atoms with Crippen molar-refractivity contribution in [2.45, 2.75) is 85.0 Å². The zero-order valence-electron chi connectivity index (χ0n) is 15.9. The van der Waals surface area contributed by atoms with Gasteiger partial charge in [-0.2, -0.15) is 0 Å². The zero-order valence-corrected chi connectivity index (χ0v) is 15.9. The van der Waals surface area contributed by atoms with E-state index in [0.29, 0.717) is 19.1 Å². The van der Waals surface area contributed by atoms with Crippen molar-refractivity contribution in [2.24, 2.45) is 5.92 Å². The molecule has 0 bridgehead atoms. The molecule has 0 aliphatic heterocycles. The summed E-state index contributed by atoms with van der Waals surface area (Å²) in [5, 5.41) is 0. The normalized spacial score (nSPS) is 11.2. The Hall–Kier alpha value is -1.32. The van der Waals surface area contributed by atoms with E-state index in [1.807, 2.05) is 0 Å². The number of hydrogen-bond donors (Lipinski definition) is 0. The van der Waals surface area contributed by atoms with Gasteiger partial charge in [-0.25, -0.2) is 9.59 Å². The maximum Gasteiger partial charge on any atom is 0.331 e. The van der Waals surface area contributed by atoms with Crippen LogP contribution in [0.2, 0.25) is 0 Å². The van der Waals surface area contributed by atoms with E-state index in [0.717, 1.165) is 37.8 Å². The first-order chi connectivity index (χ1) is 11.6. The average molecular weight is 341 g/mol. The van der Waals surface area contributed by atoms with Crippen LogP contribution in [0.25, 0.3) is 0 Å². The summed E-state index contributed by atoms with van der Waals surface area (Å²) in [7, 11) is 0. The van der Waals surface area contributed by atoms with Crippen LogP contribution in [0, 0.1) is 5.92 Å². The van der Waals surface area contributed by atoms with Crippen molar-refractivity contribution < 1.29 is 19.1 Å². The van der Waals surface area contributed by atoms with Gasteiger partial charge in [0.05, 0.1) is 13.2 Å². The van der Waals surface area contributed by atoms with Crippen molar-refractivity contribution >= 4 is 11.9 Å². The van der Waals surface area contributed by atoms with Crippen molar-refractivity contribution in [1.82, 2.24) is 0 Å². The third-order valence-electron chi connectivity index (χ3n) is 4.21. The van der Waals surface area contributed by atoms with E-state index in [1.165, 1.54) is 38.5 Å². The van der Waals surface area contributed by atoms with E-state index in [9.17, 15) is 9.59 Å². The molecule has 4 nitrogen and oxygen atoms in total. The second kappa shape index (κ2) is 16.5. The average Bonchev–Trinajstić information content (AvgIpc) is 2.59. The summed E-state index contributed by atoms with van der Waals surface area (Å²) < 4.78 is 10.2. The highest BCUT2D eigenvalue weighted by molar-refractivity contribution is 5.91. The molecule has 0 aliphatic carbocycles. The SMILES string of the molecule is CCCCCCCCCCOC(=O)/C=C/C(=O)OCC(CC)CC. The molecule has 24 heavy (non-hydrogen) atoms. The van der Waals surface area contributed by atoms with E-state index in [1.54, 1.807) is 0 Å². The van der Waals surface area contributed by atoms with Gasteiger partial charge in [0.1, 0.15) is 0 Å². The molecule has 0 amide bonds. The number of rotatable bonds is 15. The molecule has 140 valence electrons. The quantitative estimate of drug-likeness (QED) is 0.233. The third kappa shape index (κ3) is 14.3. The van der Waals surface area contributed by atoms with E-state index in [-0.39, 0.29) is 0 Å². The highest BCUT2D eigenvalue weighted by Crippen LogP contribution is 2.09. The molecule has 0 aromatic rings. The summed E-state index contributed by atoms with van der Waals surface area (Å²) in [6.45, 7) is 7.18. The van der Waals surface area contributed by atoms with Crippen LogP contribution in [0.15, 0.2) is 12.2 Å². The molecule has 0 atom stereocenters. The van der Waals surface area contributed by atoms with Gasteiger partial charge in [-0.05, 0) is 12.3 Å². The van der Waals surface area contributed by atoms with Crippen LogP contribution >= 0.6 is 0 Å². The van der Waals surface area contributed by atoms with Gasteiger partial charge >= 0.3 is 11.9 Å². The van der Waals surface area contributed by atoms with Gasteiger partial charge in [-0.1, -0.05) is 78.6 Å². The van der Waals surface area contributed by atoms with Gasteiger partial charge in [0, 0.05) is 12.2 Å². The minimum absolute atomic E-state index is 0.385. The van der Waals surface area contributed by atoms with E-state index in [4.69, 9.17) is 9.47 Å². The molecule has 0 rings (SSSR count). The number of hydrogen-bond acceptors (Lipinski definition) is 4. The lowest BCUT2D eigenvalue weighted by atomic mass is 10.1. The highest BCUT2D eigenvalue weighted by atomic mass is 16.5. The molecule has 0 radical (unpaired) electrons. The molecule has 0 unspecified atom stereocenters. The predicted octanol–water partition coefficient (Wildman–Crippen LogP) is 5.21. The van der Waals surface area contributed by atoms with E-state index >= 15 is 0 Å². The van der Waals surface area contributed by atoms with Crippen LogP contribution in [-0.2, 0) is 19.1 Å². The van der Waals surface area contributed by atoms with Gasteiger partial charge in [0.2, 0.25) is 0 Å². The van der Waals surface area contributed by atoms with Gasteiger partial charge in [0.15, 0.2) is 0 Å². The minimum atomic E-state index is -0.481. The maximum absolute atomic E-state index is 11.5. The zero-order chi connectivity index (χ0) is 18.0. The first-order valence-electron chi connectivity index (χ1n) is 9.65. The summed E-state index contributed by atoms with van der Waals surface area (Å²) in [4.78, 5) is 23.0. The lowest BCUT2D eigenvalue weighted by Crippen LogP contribution is -2.12. The smallest absolute Gasteiger partial charge is 0.331 e. The number of ether oxygens (including phenoxy) is 2. The van der Waals surface area contributed by atoms with Crippen molar-refractivity contribution in [2.75, 3.05) is 13.2 Å². The molecule has 0 aromatic carbocycles. The lowest BCUT2D eigenvalue weighted by Gasteiger charge is -2.11. The Kier molecular flexibility index (Phi) is 15.6. The first-order valence-corrected chi connectivity index (χ1v) is 9.65. The molecule has 0 saturated carbocycles. The van der Waals surface area contributed by atoms with Crippen LogP contribution in [0.3, 0.4) is 0 Å². The molecule has 0 saturated heterocycles. The van der Waals surface area contributed by atoms with Gasteiger partial charge in [0.25, 0.3) is 0 Å². The van der Waals surface area contributed by atoms with Gasteiger partial charge in [-0.3, -0.25) is 0 Å². The third-order valence-corrected chi connectivity index (χ3v) is 4.21. The number of carbonyl (C=O) groups excluding carboxylic acids is 2. The van der Waals surface area contributed by atoms with Gasteiger partial charge in [-0.15, -0.1) is 0 Å². The van der Waals surface area contributed by atoms with Crippen LogP contribution in [0.4, 0.5) is 0 Å². The Bertz CT molecular complexity index is 346. The minimum Gasteiger partial charge on any atom is -0.463 e. The van der Waals surface area contributed by atoms with Crippen molar-refractivity contribution in [3.05, 3.63) is 12.2 Å². The van der Waals surface area contributed by atoms with Gasteiger partial charge < -0.3 is 9.47 Å². The molecule has 0 fully saturated rings. The summed E-state index contributed by atoms with van der Waals surface area (Å²) in [5.41, 5.74) is 0. The summed E-state index contributed by atoms with van der Waals surface area (Å²) in [6, 6.07) is 0. The Balaban J connectivity index is 3.58. The second-order valence-electron chi connectivity index (χ2n) is 6.29. The largest absolute Gasteiger partial charge is 0.463 e. The molecule has 0 aliphatic rings. The monoisotopic (exact) mass is 340 g/mol. The van der Waals surface area contributed by atoms with Crippen LogP contribution in [0.5, 0.6) is 0 Å². The van der Waals surface area contributed by atoms with E-state index in [2.05, 4.69) is 20.8 Å². The molecule has 0 aromatic heterocycles. The lowest BCUT2D eigenvalue weighted by molar-refractivity contribution is -0.141. The fourth-order valence-corrected chi connectivity index (χ4v) is 2.37. The molecular formula is C20H36O4. The van der Waals surface area contributed by atoms with Crippen LogP contribution < -0.4 is 0 Å². The molecule has 0 heterocycles. The van der Waals surface area contributed by atoms with Crippen molar-refractivity contribution in [1.29, 1.82) is 0 Å². The molecular weight excluding hydrogens is 304 g/mol. The Morgan fingerprint density at radius 2 is 1.25 bits per heavy atom. The summed E-state index contributed by atoms with van der Waals surface area (Å²) in [6.07, 6.45) is 13.9. The van der Waals surface area contributed by atoms with Crippen molar-refractivity contribution in [3.8, 4) is 0 Å². The van der Waals surface area contributed by atoms with Crippen LogP contribution in [-0.4, -0.2) is 25.2 Å². The maximum atomic E-state index is 11.5. The highest BCUT2D eigenvalue weighted by Gasteiger charge is 2.06.